The molecule has 2 heterocycles. The van der Waals surface area contributed by atoms with E-state index < -0.39 is 31.7 Å². The number of benzene rings is 3. The van der Waals surface area contributed by atoms with Gasteiger partial charge in [-0.05, 0) is 85.6 Å². The smallest absolute Gasteiger partial charge is 0.748 e. The second-order valence-corrected chi connectivity index (χ2v) is 14.8. The number of anilines is 1. The van der Waals surface area contributed by atoms with E-state index in [2.05, 4.69) is 0 Å². The molecule has 0 fully saturated rings. The average Bonchev–Trinajstić information content (AvgIpc) is 3.52. The molecule has 0 saturated carbocycles. The fourth-order valence-electron chi connectivity index (χ4n) is 5.60. The molecule has 0 bridgehead atoms. The second kappa shape index (κ2) is 16.6. The van der Waals surface area contributed by atoms with Crippen molar-refractivity contribution in [1.82, 2.24) is 0 Å². The molecular weight excluding hydrogens is 680 g/mol. The van der Waals surface area contributed by atoms with Gasteiger partial charge in [-0.1, -0.05) is 43.3 Å². The van der Waals surface area contributed by atoms with E-state index in [4.69, 9.17) is 9.15 Å². The monoisotopic (exact) mass is 718 g/mol. The van der Waals surface area contributed by atoms with Gasteiger partial charge in [-0.25, -0.2) is 16.8 Å². The van der Waals surface area contributed by atoms with E-state index in [0.717, 1.165) is 39.0 Å². The maximum atomic E-state index is 11.2. The number of hydrogen-bond donors (Lipinski definition) is 0. The minimum absolute atomic E-state index is 0. The van der Waals surface area contributed by atoms with Gasteiger partial charge in [0.1, 0.15) is 0 Å². The zero-order valence-corrected chi connectivity index (χ0v) is 32.5. The van der Waals surface area contributed by atoms with Crippen molar-refractivity contribution in [3.63, 3.8) is 0 Å². The first kappa shape index (κ1) is 38.5. The average molecular weight is 719 g/mol. The van der Waals surface area contributed by atoms with Crippen LogP contribution in [-0.4, -0.2) is 44.0 Å². The molecule has 0 aliphatic carbocycles. The molecule has 10 nitrogen and oxygen atoms in total. The number of allylic oxidation sites excluding steroid dienone is 2. The number of oxazole rings is 1. The molecule has 0 saturated heterocycles. The third-order valence-electron chi connectivity index (χ3n) is 8.26. The summed E-state index contributed by atoms with van der Waals surface area (Å²) in [5.74, 6) is 0.972. The Morgan fingerprint density at radius 2 is 1.52 bits per heavy atom. The molecule has 1 aliphatic heterocycles. The number of rotatable bonds is 14. The van der Waals surface area contributed by atoms with Crippen molar-refractivity contribution in [3.8, 4) is 16.9 Å². The van der Waals surface area contributed by atoms with E-state index in [9.17, 15) is 25.9 Å². The summed E-state index contributed by atoms with van der Waals surface area (Å²) in [5.41, 5.74) is 7.54. The van der Waals surface area contributed by atoms with Crippen LogP contribution in [0.5, 0.6) is 5.75 Å². The van der Waals surface area contributed by atoms with Gasteiger partial charge >= 0.3 is 57.3 Å². The fourth-order valence-corrected chi connectivity index (χ4v) is 6.72. The Balaban J connectivity index is 0.00000520. The number of hydrogen-bond acceptors (Lipinski definition) is 9. The van der Waals surface area contributed by atoms with Gasteiger partial charge in [0.15, 0.2) is 12.3 Å². The van der Waals surface area contributed by atoms with Crippen LogP contribution in [-0.2, 0) is 26.8 Å². The summed E-state index contributed by atoms with van der Waals surface area (Å²) >= 11 is 0. The Hall–Kier alpha value is -2.33. The standard InChI is InChI=1S/C35H40N2O8S2.K/c1-4-27(23-35-36(16-8-10-18-46(38,39)40)30-20-25(2)26(3)21-33(30)45-35)22-34-37(17-9-11-19-47(41,42)43)31-24-29(14-15-32(31)44-34)28-12-6-5-7-13-28;/h5-7,12-15,20-24H,4,8-11,16-19H2,1-3H3,(H-,38,39,40,41,42,43);/q;+1/p-1. The van der Waals surface area contributed by atoms with Crippen molar-refractivity contribution in [2.75, 3.05) is 23.0 Å². The number of aryl methyl sites for hydroxylation is 3. The van der Waals surface area contributed by atoms with Gasteiger partial charge in [0.2, 0.25) is 11.5 Å². The maximum absolute atomic E-state index is 11.2. The van der Waals surface area contributed by atoms with Crippen LogP contribution < -0.4 is 65.6 Å². The van der Waals surface area contributed by atoms with Crippen LogP contribution in [0.15, 0.2) is 82.6 Å². The van der Waals surface area contributed by atoms with E-state index >= 15 is 0 Å². The molecule has 4 aromatic rings. The third-order valence-corrected chi connectivity index (χ3v) is 9.84. The quantitative estimate of drug-likeness (QED) is 0.0831. The zero-order chi connectivity index (χ0) is 33.8. The predicted molar refractivity (Wildman–Crippen MR) is 180 cm³/mol. The summed E-state index contributed by atoms with van der Waals surface area (Å²) in [6.07, 6.45) is 5.91. The van der Waals surface area contributed by atoms with Crippen molar-refractivity contribution in [3.05, 3.63) is 95.2 Å². The van der Waals surface area contributed by atoms with Crippen LogP contribution >= 0.6 is 0 Å². The first-order valence-corrected chi connectivity index (χ1v) is 18.8. The molecular formula is C35H39KN2O8S2. The Kier molecular flexibility index (Phi) is 13.3. The molecule has 13 heteroatoms. The predicted octanol–water partition coefficient (Wildman–Crippen LogP) is 3.19. The molecule has 0 atom stereocenters. The van der Waals surface area contributed by atoms with Crippen LogP contribution in [0.4, 0.5) is 5.69 Å². The SMILES string of the molecule is CCC(=Cc1oc2cc(C)c(C)cc2[n+]1CCCCS(=O)(=O)[O-])C=C1Oc2ccc(-c3ccccc3)cc2N1CCCCS(=O)(=O)[O-].[K+]. The maximum Gasteiger partial charge on any atom is 1.00 e. The van der Waals surface area contributed by atoms with Crippen molar-refractivity contribution in [2.45, 2.75) is 59.4 Å². The van der Waals surface area contributed by atoms with Crippen LogP contribution in [0.3, 0.4) is 0 Å². The van der Waals surface area contributed by atoms with Gasteiger partial charge < -0.3 is 23.2 Å². The molecule has 0 spiro atoms. The van der Waals surface area contributed by atoms with Crippen molar-refractivity contribution in [2.24, 2.45) is 0 Å². The van der Waals surface area contributed by atoms with E-state index in [0.29, 0.717) is 55.5 Å². The summed E-state index contributed by atoms with van der Waals surface area (Å²) in [5, 5.41) is 0. The number of fused-ring (bicyclic) bond motifs is 2. The first-order chi connectivity index (χ1) is 22.3. The first-order valence-electron chi connectivity index (χ1n) is 15.7. The Morgan fingerprint density at radius 1 is 0.854 bits per heavy atom. The number of unbranched alkanes of at least 4 members (excludes halogenated alkanes) is 2. The minimum Gasteiger partial charge on any atom is -0.748 e. The van der Waals surface area contributed by atoms with Gasteiger partial charge in [-0.15, -0.1) is 0 Å². The molecule has 5 rings (SSSR count). The minimum atomic E-state index is -4.31. The molecule has 1 aromatic heterocycles. The van der Waals surface area contributed by atoms with Crippen LogP contribution in [0.25, 0.3) is 28.3 Å². The molecule has 1 aliphatic rings. The second-order valence-electron chi connectivity index (χ2n) is 11.8. The van der Waals surface area contributed by atoms with Gasteiger partial charge in [-0.2, -0.15) is 4.57 Å². The molecule has 0 unspecified atom stereocenters. The van der Waals surface area contributed by atoms with E-state index in [1.54, 1.807) is 0 Å². The molecule has 250 valence electrons. The van der Waals surface area contributed by atoms with Gasteiger partial charge in [0.05, 0.1) is 32.0 Å². The topological polar surface area (TPSA) is 144 Å². The third kappa shape index (κ3) is 10.1. The largest absolute Gasteiger partial charge is 1.00 e. The summed E-state index contributed by atoms with van der Waals surface area (Å²) in [6, 6.07) is 20.0. The Labute approximate surface area is 325 Å². The molecule has 48 heavy (non-hydrogen) atoms. The molecule has 0 radical (unpaired) electrons. The van der Waals surface area contributed by atoms with Crippen molar-refractivity contribution in [1.29, 1.82) is 0 Å². The normalized spacial score (nSPS) is 14.3. The Bertz CT molecular complexity index is 2040. The summed E-state index contributed by atoms with van der Waals surface area (Å²) in [6.45, 7) is 6.95. The molecule has 0 N–H and O–H groups in total. The van der Waals surface area contributed by atoms with E-state index in [1.165, 1.54) is 0 Å². The van der Waals surface area contributed by atoms with Crippen LogP contribution in [0.2, 0.25) is 0 Å². The van der Waals surface area contributed by atoms with Gasteiger partial charge in [0, 0.05) is 36.6 Å². The number of nitrogens with zero attached hydrogens (tertiary/aromatic N) is 2. The number of ether oxygens (including phenoxy) is 1. The fraction of sp³-hybridized carbons (Fsp3) is 0.343. The van der Waals surface area contributed by atoms with Gasteiger partial charge in [0.25, 0.3) is 5.52 Å². The summed E-state index contributed by atoms with van der Waals surface area (Å²) < 4.78 is 81.9. The summed E-state index contributed by atoms with van der Waals surface area (Å²) in [4.78, 5) is 2.01. The van der Waals surface area contributed by atoms with Gasteiger partial charge in [-0.3, -0.25) is 0 Å². The van der Waals surface area contributed by atoms with E-state index in [-0.39, 0.29) is 64.2 Å². The summed E-state index contributed by atoms with van der Waals surface area (Å²) in [7, 11) is -8.61. The van der Waals surface area contributed by atoms with Crippen molar-refractivity contribution >= 4 is 43.1 Å². The Morgan fingerprint density at radius 3 is 2.19 bits per heavy atom. The van der Waals surface area contributed by atoms with Crippen LogP contribution in [0.1, 0.15) is 56.0 Å². The van der Waals surface area contributed by atoms with Crippen LogP contribution in [0, 0.1) is 13.8 Å². The van der Waals surface area contributed by atoms with E-state index in [1.807, 2.05) is 103 Å². The number of aromatic nitrogens is 1. The molecule has 0 amide bonds. The van der Waals surface area contributed by atoms with Crippen molar-refractivity contribution < 1.29 is 91.0 Å². The zero-order valence-electron chi connectivity index (χ0n) is 27.8. The molecule has 3 aromatic carbocycles.